The molecule has 0 aliphatic carbocycles. The zero-order valence-corrected chi connectivity index (χ0v) is 12.8. The third-order valence-electron chi connectivity index (χ3n) is 3.17. The van der Waals surface area contributed by atoms with Gasteiger partial charge in [-0.2, -0.15) is 0 Å². The maximum Gasteiger partial charge on any atom is 0.417 e. The number of carbonyl (C=O) groups is 1. The lowest BCUT2D eigenvalue weighted by Gasteiger charge is -2.08. The van der Waals surface area contributed by atoms with E-state index in [0.29, 0.717) is 28.6 Å². The molecule has 3 aromatic rings. The van der Waals surface area contributed by atoms with Crippen molar-refractivity contribution in [3.63, 3.8) is 0 Å². The molecule has 0 radical (unpaired) electrons. The second-order valence-corrected chi connectivity index (χ2v) is 5.02. The van der Waals surface area contributed by atoms with Gasteiger partial charge in [-0.05, 0) is 60.7 Å². The lowest BCUT2D eigenvalue weighted by molar-refractivity contribution is 0.215. The average molecular weight is 320 g/mol. The van der Waals surface area contributed by atoms with Gasteiger partial charge in [-0.3, -0.25) is 5.32 Å². The molecular weight excluding hydrogens is 304 g/mol. The Hall–Kier alpha value is -3.47. The smallest absolute Gasteiger partial charge is 0.417 e. The van der Waals surface area contributed by atoms with E-state index in [1.54, 1.807) is 72.8 Å². The highest BCUT2D eigenvalue weighted by Crippen LogP contribution is 2.24. The molecule has 0 aliphatic heterocycles. The fourth-order valence-electron chi connectivity index (χ4n) is 2.02. The number of rotatable bonds is 4. The van der Waals surface area contributed by atoms with Crippen LogP contribution >= 0.6 is 0 Å². The van der Waals surface area contributed by atoms with E-state index in [-0.39, 0.29) is 0 Å². The summed E-state index contributed by atoms with van der Waals surface area (Å²) in [6.45, 7) is 0. The number of hydrogen-bond donors (Lipinski definition) is 2. The second-order valence-electron chi connectivity index (χ2n) is 5.02. The van der Waals surface area contributed by atoms with Crippen LogP contribution in [0.15, 0.2) is 78.9 Å². The van der Waals surface area contributed by atoms with Gasteiger partial charge in [-0.1, -0.05) is 18.2 Å². The molecule has 3 aromatic carbocycles. The molecule has 0 heterocycles. The van der Waals surface area contributed by atoms with Crippen molar-refractivity contribution in [2.45, 2.75) is 0 Å². The summed E-state index contributed by atoms with van der Waals surface area (Å²) in [7, 11) is 0. The quantitative estimate of drug-likeness (QED) is 0.685. The highest BCUT2D eigenvalue weighted by molar-refractivity contribution is 5.86. The van der Waals surface area contributed by atoms with Gasteiger partial charge in [0, 0.05) is 11.4 Å². The van der Waals surface area contributed by atoms with Gasteiger partial charge in [0.25, 0.3) is 0 Å². The molecule has 0 atom stereocenters. The van der Waals surface area contributed by atoms with Gasteiger partial charge in [0.1, 0.15) is 17.2 Å². The summed E-state index contributed by atoms with van der Waals surface area (Å²) < 4.78 is 10.9. The molecule has 5 nitrogen and oxygen atoms in total. The molecule has 120 valence electrons. The number of carbonyl (C=O) groups excluding carboxylic acids is 1. The first kappa shape index (κ1) is 15.4. The Kier molecular flexibility index (Phi) is 4.62. The third kappa shape index (κ3) is 4.27. The molecule has 3 rings (SSSR count). The van der Waals surface area contributed by atoms with Crippen LogP contribution in [0.1, 0.15) is 0 Å². The molecule has 0 bridgehead atoms. The predicted molar refractivity (Wildman–Crippen MR) is 93.5 cm³/mol. The predicted octanol–water partition coefficient (Wildman–Crippen LogP) is 4.67. The van der Waals surface area contributed by atoms with Gasteiger partial charge in [0.15, 0.2) is 0 Å². The summed E-state index contributed by atoms with van der Waals surface area (Å²) in [4.78, 5) is 11.8. The van der Waals surface area contributed by atoms with E-state index in [1.807, 2.05) is 6.07 Å². The van der Waals surface area contributed by atoms with E-state index in [1.165, 1.54) is 0 Å². The van der Waals surface area contributed by atoms with Gasteiger partial charge < -0.3 is 15.2 Å². The van der Waals surface area contributed by atoms with Gasteiger partial charge in [0.2, 0.25) is 0 Å². The van der Waals surface area contributed by atoms with Crippen LogP contribution < -0.4 is 20.5 Å². The molecule has 0 fully saturated rings. The number of para-hydroxylation sites is 1. The molecule has 0 aromatic heterocycles. The van der Waals surface area contributed by atoms with Crippen LogP contribution in [0, 0.1) is 0 Å². The highest BCUT2D eigenvalue weighted by Gasteiger charge is 2.05. The van der Waals surface area contributed by atoms with Crippen LogP contribution in [-0.2, 0) is 0 Å². The summed E-state index contributed by atoms with van der Waals surface area (Å²) in [6.07, 6.45) is -0.548. The number of hydrogen-bond acceptors (Lipinski definition) is 4. The van der Waals surface area contributed by atoms with Crippen LogP contribution in [0.5, 0.6) is 17.2 Å². The molecule has 5 heteroatoms. The largest absolute Gasteiger partial charge is 0.457 e. The fraction of sp³-hybridized carbons (Fsp3) is 0. The normalized spacial score (nSPS) is 10.0. The first-order chi connectivity index (χ1) is 11.7. The van der Waals surface area contributed by atoms with E-state index < -0.39 is 6.09 Å². The van der Waals surface area contributed by atoms with Crippen LogP contribution in [0.2, 0.25) is 0 Å². The molecular formula is C19H16N2O3. The summed E-state index contributed by atoms with van der Waals surface area (Å²) in [5, 5.41) is 2.66. The number of benzene rings is 3. The number of nitrogens with one attached hydrogen (secondary N) is 1. The minimum Gasteiger partial charge on any atom is -0.457 e. The van der Waals surface area contributed by atoms with E-state index in [4.69, 9.17) is 15.2 Å². The first-order valence-corrected chi connectivity index (χ1v) is 7.36. The van der Waals surface area contributed by atoms with Crippen LogP contribution in [0.25, 0.3) is 0 Å². The minimum atomic E-state index is -0.548. The standard InChI is InChI=1S/C19H16N2O3/c20-14-6-10-17(11-7-14)23-18-12-8-15(9-13-18)21-19(22)24-16-4-2-1-3-5-16/h1-13H,20H2,(H,21,22). The number of nitrogen functional groups attached to an aromatic ring is 1. The second kappa shape index (κ2) is 7.19. The van der Waals surface area contributed by atoms with Crippen molar-refractivity contribution in [3.05, 3.63) is 78.9 Å². The zero-order valence-electron chi connectivity index (χ0n) is 12.8. The van der Waals surface area contributed by atoms with Gasteiger partial charge >= 0.3 is 6.09 Å². The molecule has 0 saturated heterocycles. The highest BCUT2D eigenvalue weighted by atomic mass is 16.6. The van der Waals surface area contributed by atoms with Crippen molar-refractivity contribution in [2.75, 3.05) is 11.1 Å². The minimum absolute atomic E-state index is 0.485. The Balaban J connectivity index is 1.58. The summed E-state index contributed by atoms with van der Waals surface area (Å²) in [5.74, 6) is 1.83. The molecule has 0 spiro atoms. The molecule has 0 saturated carbocycles. The van der Waals surface area contributed by atoms with Gasteiger partial charge in [-0.25, -0.2) is 4.79 Å². The maximum absolute atomic E-state index is 11.8. The monoisotopic (exact) mass is 320 g/mol. The summed E-state index contributed by atoms with van der Waals surface area (Å²) in [6, 6.07) is 23.0. The SMILES string of the molecule is Nc1ccc(Oc2ccc(NC(=O)Oc3ccccc3)cc2)cc1. The van der Waals surface area contributed by atoms with E-state index in [0.717, 1.165) is 0 Å². The van der Waals surface area contributed by atoms with E-state index >= 15 is 0 Å². The fourth-order valence-corrected chi connectivity index (χ4v) is 2.02. The van der Waals surface area contributed by atoms with Crippen LogP contribution in [-0.4, -0.2) is 6.09 Å². The molecule has 24 heavy (non-hydrogen) atoms. The molecule has 1 amide bonds. The molecule has 3 N–H and O–H groups in total. The maximum atomic E-state index is 11.8. The zero-order chi connectivity index (χ0) is 16.8. The Morgan fingerprint density at radius 2 is 1.33 bits per heavy atom. The number of ether oxygens (including phenoxy) is 2. The van der Waals surface area contributed by atoms with Crippen molar-refractivity contribution >= 4 is 17.5 Å². The molecule has 0 aliphatic rings. The van der Waals surface area contributed by atoms with Crippen molar-refractivity contribution in [1.29, 1.82) is 0 Å². The summed E-state index contributed by atoms with van der Waals surface area (Å²) in [5.41, 5.74) is 6.92. The Morgan fingerprint density at radius 1 is 0.750 bits per heavy atom. The number of nitrogens with two attached hydrogens (primary N) is 1. The lowest BCUT2D eigenvalue weighted by Crippen LogP contribution is -2.16. The Bertz CT molecular complexity index is 800. The van der Waals surface area contributed by atoms with E-state index in [2.05, 4.69) is 5.32 Å². The van der Waals surface area contributed by atoms with Gasteiger partial charge in [-0.15, -0.1) is 0 Å². The number of amides is 1. The Labute approximate surface area is 139 Å². The van der Waals surface area contributed by atoms with Crippen molar-refractivity contribution in [2.24, 2.45) is 0 Å². The number of anilines is 2. The molecule has 0 unspecified atom stereocenters. The average Bonchev–Trinajstić information content (AvgIpc) is 2.59. The van der Waals surface area contributed by atoms with Crippen molar-refractivity contribution in [3.8, 4) is 17.2 Å². The topological polar surface area (TPSA) is 73.6 Å². The van der Waals surface area contributed by atoms with Gasteiger partial charge in [0.05, 0.1) is 0 Å². The van der Waals surface area contributed by atoms with E-state index in [9.17, 15) is 4.79 Å². The van der Waals surface area contributed by atoms with Crippen molar-refractivity contribution in [1.82, 2.24) is 0 Å². The van der Waals surface area contributed by atoms with Crippen molar-refractivity contribution < 1.29 is 14.3 Å². The van der Waals surface area contributed by atoms with Crippen LogP contribution in [0.4, 0.5) is 16.2 Å². The third-order valence-corrected chi connectivity index (χ3v) is 3.17. The first-order valence-electron chi connectivity index (χ1n) is 7.36. The Morgan fingerprint density at radius 3 is 1.96 bits per heavy atom. The lowest BCUT2D eigenvalue weighted by atomic mass is 10.3. The summed E-state index contributed by atoms with van der Waals surface area (Å²) >= 11 is 0. The van der Waals surface area contributed by atoms with Crippen LogP contribution in [0.3, 0.4) is 0 Å².